The van der Waals surface area contributed by atoms with Crippen molar-refractivity contribution in [3.05, 3.63) is 36.4 Å². The number of rotatable bonds is 5. The Morgan fingerprint density at radius 2 is 1.52 bits per heavy atom. The number of hydrogen-bond donors (Lipinski definition) is 3. The fourth-order valence-corrected chi connectivity index (χ4v) is 2.50. The van der Waals surface area contributed by atoms with Gasteiger partial charge in [0.2, 0.25) is 11.8 Å². The van der Waals surface area contributed by atoms with Crippen LogP contribution in [0, 0.1) is 11.8 Å². The van der Waals surface area contributed by atoms with E-state index in [4.69, 9.17) is 0 Å². The number of hydrogen-bond acceptors (Lipinski definition) is 3. The van der Waals surface area contributed by atoms with E-state index in [1.165, 1.54) is 0 Å². The third-order valence-electron chi connectivity index (χ3n) is 3.84. The lowest BCUT2D eigenvalue weighted by molar-refractivity contribution is -0.146. The number of aliphatic carboxylic acids is 1. The maximum absolute atomic E-state index is 12.3. The Bertz CT molecular complexity index is 622. The fraction of sp³-hybridized carbons (Fsp3) is 0.353. The van der Waals surface area contributed by atoms with Gasteiger partial charge in [-0.2, -0.15) is 0 Å². The molecule has 0 heterocycles. The van der Waals surface area contributed by atoms with Crippen LogP contribution < -0.4 is 10.6 Å². The molecule has 0 aliphatic heterocycles. The Morgan fingerprint density at radius 3 is 2.04 bits per heavy atom. The average Bonchev–Trinajstić information content (AvgIpc) is 2.56. The molecule has 1 aromatic carbocycles. The second kappa shape index (κ2) is 7.58. The third-order valence-corrected chi connectivity index (χ3v) is 3.84. The van der Waals surface area contributed by atoms with E-state index in [1.807, 2.05) is 6.08 Å². The highest BCUT2D eigenvalue weighted by Gasteiger charge is 2.33. The summed E-state index contributed by atoms with van der Waals surface area (Å²) in [6.45, 7) is 1.77. The van der Waals surface area contributed by atoms with Gasteiger partial charge in [-0.05, 0) is 37.1 Å². The zero-order chi connectivity index (χ0) is 16.8. The minimum absolute atomic E-state index is 0.0833. The van der Waals surface area contributed by atoms with Crippen LogP contribution in [0.5, 0.6) is 0 Å². The Kier molecular flexibility index (Phi) is 5.51. The van der Waals surface area contributed by atoms with Crippen LogP contribution in [0.25, 0.3) is 0 Å². The van der Waals surface area contributed by atoms with Gasteiger partial charge in [-0.1, -0.05) is 19.1 Å². The Morgan fingerprint density at radius 1 is 1.00 bits per heavy atom. The molecule has 3 N–H and O–H groups in total. The van der Waals surface area contributed by atoms with E-state index in [0.717, 1.165) is 0 Å². The lowest BCUT2D eigenvalue weighted by atomic mass is 9.82. The van der Waals surface area contributed by atoms with Gasteiger partial charge in [0, 0.05) is 17.8 Å². The first-order valence-corrected chi connectivity index (χ1v) is 7.60. The molecular formula is C17H20N2O4. The van der Waals surface area contributed by atoms with Gasteiger partial charge in [-0.3, -0.25) is 14.4 Å². The lowest BCUT2D eigenvalue weighted by Crippen LogP contribution is -2.34. The molecule has 0 saturated heterocycles. The van der Waals surface area contributed by atoms with Crippen molar-refractivity contribution in [2.75, 3.05) is 10.6 Å². The van der Waals surface area contributed by atoms with Crippen molar-refractivity contribution >= 4 is 29.2 Å². The normalized spacial score (nSPS) is 19.9. The first-order chi connectivity index (χ1) is 11.0. The van der Waals surface area contributed by atoms with Crippen molar-refractivity contribution < 1.29 is 19.5 Å². The fourth-order valence-electron chi connectivity index (χ4n) is 2.50. The minimum Gasteiger partial charge on any atom is -0.481 e. The monoisotopic (exact) mass is 316 g/mol. The van der Waals surface area contributed by atoms with Gasteiger partial charge in [-0.25, -0.2) is 0 Å². The van der Waals surface area contributed by atoms with Crippen LogP contribution in [-0.4, -0.2) is 22.9 Å². The zero-order valence-corrected chi connectivity index (χ0v) is 12.9. The summed E-state index contributed by atoms with van der Waals surface area (Å²) in [5.41, 5.74) is 1.22. The molecule has 1 aromatic rings. The van der Waals surface area contributed by atoms with Crippen molar-refractivity contribution in [3.63, 3.8) is 0 Å². The Balaban J connectivity index is 2.00. The standard InChI is InChI=1S/C17H20N2O4/c1-2-15(20)18-11-7-9-12(10-8-11)19-16(21)13-5-3-4-6-14(13)17(22)23/h3-4,7-10,13-14H,2,5-6H2,1H3,(H,18,20)(H,19,21)(H,22,23)/t13-,14+/m0/s1. The smallest absolute Gasteiger partial charge is 0.307 e. The number of carboxylic acids is 1. The highest BCUT2D eigenvalue weighted by atomic mass is 16.4. The number of anilines is 2. The molecule has 0 bridgehead atoms. The number of allylic oxidation sites excluding steroid dienone is 2. The molecule has 122 valence electrons. The molecule has 2 atom stereocenters. The van der Waals surface area contributed by atoms with Crippen molar-refractivity contribution in [2.45, 2.75) is 26.2 Å². The number of benzene rings is 1. The zero-order valence-electron chi connectivity index (χ0n) is 12.9. The van der Waals surface area contributed by atoms with Gasteiger partial charge < -0.3 is 15.7 Å². The van der Waals surface area contributed by atoms with Crippen LogP contribution in [-0.2, 0) is 14.4 Å². The molecular weight excluding hydrogens is 296 g/mol. The molecule has 0 saturated carbocycles. The van der Waals surface area contributed by atoms with Crippen LogP contribution >= 0.6 is 0 Å². The van der Waals surface area contributed by atoms with E-state index < -0.39 is 17.8 Å². The van der Waals surface area contributed by atoms with Crippen LogP contribution in [0.15, 0.2) is 36.4 Å². The predicted octanol–water partition coefficient (Wildman–Crippen LogP) is 2.64. The van der Waals surface area contributed by atoms with E-state index in [1.54, 1.807) is 37.3 Å². The molecule has 2 rings (SSSR count). The number of carboxylic acid groups (broad SMARTS) is 1. The maximum atomic E-state index is 12.3. The van der Waals surface area contributed by atoms with E-state index in [-0.39, 0.29) is 11.8 Å². The maximum Gasteiger partial charge on any atom is 0.307 e. The van der Waals surface area contributed by atoms with E-state index in [0.29, 0.717) is 30.6 Å². The number of carbonyl (C=O) groups excluding carboxylic acids is 2. The summed E-state index contributed by atoms with van der Waals surface area (Å²) in [4.78, 5) is 34.9. The summed E-state index contributed by atoms with van der Waals surface area (Å²) in [5, 5.41) is 14.7. The minimum atomic E-state index is -0.952. The number of amides is 2. The second-order valence-corrected chi connectivity index (χ2v) is 5.46. The summed E-state index contributed by atoms with van der Waals surface area (Å²) in [6, 6.07) is 6.74. The van der Waals surface area contributed by atoms with Crippen molar-refractivity contribution in [1.29, 1.82) is 0 Å². The lowest BCUT2D eigenvalue weighted by Gasteiger charge is -2.24. The van der Waals surface area contributed by atoms with Gasteiger partial charge in [0.1, 0.15) is 0 Å². The molecule has 0 spiro atoms. The largest absolute Gasteiger partial charge is 0.481 e. The molecule has 1 aliphatic carbocycles. The van der Waals surface area contributed by atoms with Crippen molar-refractivity contribution in [1.82, 2.24) is 0 Å². The van der Waals surface area contributed by atoms with Crippen molar-refractivity contribution in [2.24, 2.45) is 11.8 Å². The molecule has 1 aliphatic rings. The average molecular weight is 316 g/mol. The quantitative estimate of drug-likeness (QED) is 0.728. The number of carbonyl (C=O) groups is 3. The Labute approximate surface area is 134 Å². The predicted molar refractivity (Wildman–Crippen MR) is 87.0 cm³/mol. The van der Waals surface area contributed by atoms with Crippen LogP contribution in [0.2, 0.25) is 0 Å². The highest BCUT2D eigenvalue weighted by Crippen LogP contribution is 2.27. The first kappa shape index (κ1) is 16.7. The third kappa shape index (κ3) is 4.42. The van der Waals surface area contributed by atoms with Crippen LogP contribution in [0.4, 0.5) is 11.4 Å². The van der Waals surface area contributed by atoms with Gasteiger partial charge in [-0.15, -0.1) is 0 Å². The Hall–Kier alpha value is -2.63. The van der Waals surface area contributed by atoms with E-state index in [2.05, 4.69) is 10.6 Å². The van der Waals surface area contributed by atoms with E-state index in [9.17, 15) is 19.5 Å². The van der Waals surface area contributed by atoms with E-state index >= 15 is 0 Å². The molecule has 0 radical (unpaired) electrons. The summed E-state index contributed by atoms with van der Waals surface area (Å²) >= 11 is 0. The molecule has 0 fully saturated rings. The molecule has 6 heteroatoms. The van der Waals surface area contributed by atoms with Crippen LogP contribution in [0.3, 0.4) is 0 Å². The van der Waals surface area contributed by atoms with Gasteiger partial charge in [0.15, 0.2) is 0 Å². The number of nitrogens with one attached hydrogen (secondary N) is 2. The molecule has 0 unspecified atom stereocenters. The summed E-state index contributed by atoms with van der Waals surface area (Å²) in [5.74, 6) is -2.60. The SMILES string of the molecule is CCC(=O)Nc1ccc(NC(=O)[C@H]2CC=CC[C@H]2C(=O)O)cc1. The summed E-state index contributed by atoms with van der Waals surface area (Å²) < 4.78 is 0. The van der Waals surface area contributed by atoms with Crippen LogP contribution in [0.1, 0.15) is 26.2 Å². The van der Waals surface area contributed by atoms with Gasteiger partial charge >= 0.3 is 5.97 Å². The molecule has 23 heavy (non-hydrogen) atoms. The van der Waals surface area contributed by atoms with Gasteiger partial charge in [0.05, 0.1) is 11.8 Å². The summed E-state index contributed by atoms with van der Waals surface area (Å²) in [6.07, 6.45) is 4.83. The first-order valence-electron chi connectivity index (χ1n) is 7.60. The highest BCUT2D eigenvalue weighted by molar-refractivity contribution is 5.96. The summed E-state index contributed by atoms with van der Waals surface area (Å²) in [7, 11) is 0. The molecule has 0 aromatic heterocycles. The van der Waals surface area contributed by atoms with Crippen molar-refractivity contribution in [3.8, 4) is 0 Å². The topological polar surface area (TPSA) is 95.5 Å². The molecule has 2 amide bonds. The van der Waals surface area contributed by atoms with Gasteiger partial charge in [0.25, 0.3) is 0 Å². The second-order valence-electron chi connectivity index (χ2n) is 5.46. The molecule has 6 nitrogen and oxygen atoms in total.